The lowest BCUT2D eigenvalue weighted by atomic mass is 10.2. The molecule has 0 aliphatic carbocycles. The van der Waals surface area contributed by atoms with Crippen LogP contribution >= 0.6 is 0 Å². The van der Waals surface area contributed by atoms with Crippen LogP contribution in [0.4, 0.5) is 0 Å². The Morgan fingerprint density at radius 3 is 2.50 bits per heavy atom. The Morgan fingerprint density at radius 2 is 1.94 bits per heavy atom. The van der Waals surface area contributed by atoms with Crippen LogP contribution in [0.25, 0.3) is 0 Å². The van der Waals surface area contributed by atoms with Crippen molar-refractivity contribution in [3.05, 3.63) is 46.5 Å². The predicted molar refractivity (Wildman–Crippen MR) is 72.2 cm³/mol. The second-order valence-electron chi connectivity index (χ2n) is 4.68. The third-order valence-electron chi connectivity index (χ3n) is 3.26. The molecule has 1 N–H and O–H groups in total. The Kier molecular flexibility index (Phi) is 3.77. The molecule has 0 fully saturated rings. The van der Waals surface area contributed by atoms with Gasteiger partial charge < -0.3 is 5.32 Å². The number of hydrogen-bond donors (Lipinski definition) is 1. The predicted octanol–water partition coefficient (Wildman–Crippen LogP) is 2.03. The molecule has 0 amide bonds. The first-order valence-electron chi connectivity index (χ1n) is 6.19. The number of pyridine rings is 1. The Morgan fingerprint density at radius 1 is 1.17 bits per heavy atom. The van der Waals surface area contributed by atoms with E-state index < -0.39 is 0 Å². The van der Waals surface area contributed by atoms with Crippen molar-refractivity contribution < 1.29 is 0 Å². The van der Waals surface area contributed by atoms with E-state index in [4.69, 9.17) is 0 Å². The van der Waals surface area contributed by atoms with Crippen LogP contribution in [-0.4, -0.2) is 14.8 Å². The minimum Gasteiger partial charge on any atom is -0.308 e. The van der Waals surface area contributed by atoms with Gasteiger partial charge in [-0.15, -0.1) is 0 Å². The largest absolute Gasteiger partial charge is 0.308 e. The van der Waals surface area contributed by atoms with E-state index in [0.717, 1.165) is 24.5 Å². The Labute approximate surface area is 108 Å². The molecule has 96 valence electrons. The Hall–Kier alpha value is -1.68. The highest BCUT2D eigenvalue weighted by Gasteiger charge is 2.08. The molecule has 0 aliphatic heterocycles. The van der Waals surface area contributed by atoms with E-state index in [1.807, 2.05) is 30.9 Å². The van der Waals surface area contributed by atoms with E-state index in [1.165, 1.54) is 16.8 Å². The van der Waals surface area contributed by atoms with E-state index in [9.17, 15) is 0 Å². The van der Waals surface area contributed by atoms with Gasteiger partial charge in [0.2, 0.25) is 0 Å². The second kappa shape index (κ2) is 5.31. The lowest BCUT2D eigenvalue weighted by Gasteiger charge is -2.05. The molecule has 4 heteroatoms. The Balaban J connectivity index is 1.94. The Bertz CT molecular complexity index is 525. The first kappa shape index (κ1) is 12.8. The zero-order valence-electron chi connectivity index (χ0n) is 11.5. The van der Waals surface area contributed by atoms with Crippen LogP contribution in [0.5, 0.6) is 0 Å². The minimum atomic E-state index is 0.834. The molecule has 2 rings (SSSR count). The monoisotopic (exact) mass is 244 g/mol. The molecular formula is C14H20N4. The van der Waals surface area contributed by atoms with E-state index >= 15 is 0 Å². The quantitative estimate of drug-likeness (QED) is 0.895. The number of aromatic nitrogens is 3. The van der Waals surface area contributed by atoms with E-state index in [1.54, 1.807) is 0 Å². The second-order valence-corrected chi connectivity index (χ2v) is 4.68. The van der Waals surface area contributed by atoms with Crippen LogP contribution in [-0.2, 0) is 20.1 Å². The summed E-state index contributed by atoms with van der Waals surface area (Å²) >= 11 is 0. The zero-order valence-corrected chi connectivity index (χ0v) is 11.5. The molecule has 2 aromatic heterocycles. The van der Waals surface area contributed by atoms with Gasteiger partial charge in [-0.3, -0.25) is 9.67 Å². The highest BCUT2D eigenvalue weighted by atomic mass is 15.3. The molecule has 0 unspecified atom stereocenters. The molecule has 0 aliphatic rings. The maximum Gasteiger partial charge on any atom is 0.0641 e. The maximum absolute atomic E-state index is 4.41. The van der Waals surface area contributed by atoms with Crippen molar-refractivity contribution in [2.45, 2.75) is 33.9 Å². The average molecular weight is 244 g/mol. The number of hydrogen-bond acceptors (Lipinski definition) is 3. The summed E-state index contributed by atoms with van der Waals surface area (Å²) in [5.74, 6) is 0. The highest BCUT2D eigenvalue weighted by Crippen LogP contribution is 2.11. The van der Waals surface area contributed by atoms with Gasteiger partial charge in [0.15, 0.2) is 0 Å². The summed E-state index contributed by atoms with van der Waals surface area (Å²) in [6.07, 6.45) is 1.92. The topological polar surface area (TPSA) is 42.7 Å². The molecule has 0 radical (unpaired) electrons. The molecular weight excluding hydrogens is 224 g/mol. The van der Waals surface area contributed by atoms with Crippen molar-refractivity contribution in [2.75, 3.05) is 0 Å². The molecule has 4 nitrogen and oxygen atoms in total. The molecule has 2 heterocycles. The fourth-order valence-corrected chi connectivity index (χ4v) is 2.01. The zero-order chi connectivity index (χ0) is 13.1. The lowest BCUT2D eigenvalue weighted by Crippen LogP contribution is -2.14. The maximum atomic E-state index is 4.41. The highest BCUT2D eigenvalue weighted by molar-refractivity contribution is 5.24. The molecule has 0 saturated carbocycles. The summed E-state index contributed by atoms with van der Waals surface area (Å²) < 4.78 is 1.93. The van der Waals surface area contributed by atoms with Crippen molar-refractivity contribution in [3.63, 3.8) is 0 Å². The summed E-state index contributed by atoms with van der Waals surface area (Å²) in [7, 11) is 1.98. The third kappa shape index (κ3) is 2.76. The van der Waals surface area contributed by atoms with E-state index in [2.05, 4.69) is 35.3 Å². The van der Waals surface area contributed by atoms with Gasteiger partial charge in [-0.25, -0.2) is 0 Å². The molecule has 0 atom stereocenters. The van der Waals surface area contributed by atoms with Gasteiger partial charge >= 0.3 is 0 Å². The van der Waals surface area contributed by atoms with E-state index in [0.29, 0.717) is 0 Å². The summed E-state index contributed by atoms with van der Waals surface area (Å²) in [5, 5.41) is 7.85. The van der Waals surface area contributed by atoms with Gasteiger partial charge in [0.1, 0.15) is 0 Å². The first-order chi connectivity index (χ1) is 8.58. The molecule has 2 aromatic rings. The summed E-state index contributed by atoms with van der Waals surface area (Å²) in [6.45, 7) is 7.84. The van der Waals surface area contributed by atoms with Crippen LogP contribution in [0.2, 0.25) is 0 Å². The third-order valence-corrected chi connectivity index (χ3v) is 3.26. The summed E-state index contributed by atoms with van der Waals surface area (Å²) in [5.41, 5.74) is 5.88. The van der Waals surface area contributed by atoms with Crippen LogP contribution in [0.1, 0.15) is 28.2 Å². The van der Waals surface area contributed by atoms with Crippen LogP contribution in [0.15, 0.2) is 18.3 Å². The fraction of sp³-hybridized carbons (Fsp3) is 0.429. The van der Waals surface area contributed by atoms with Gasteiger partial charge in [0.05, 0.1) is 5.69 Å². The molecule has 0 bridgehead atoms. The normalized spacial score (nSPS) is 10.9. The van der Waals surface area contributed by atoms with E-state index in [-0.39, 0.29) is 0 Å². The lowest BCUT2D eigenvalue weighted by molar-refractivity contribution is 0.682. The van der Waals surface area contributed by atoms with Gasteiger partial charge in [0, 0.05) is 43.3 Å². The van der Waals surface area contributed by atoms with Crippen molar-refractivity contribution in [1.29, 1.82) is 0 Å². The molecule has 0 saturated heterocycles. The van der Waals surface area contributed by atoms with Crippen LogP contribution in [0.3, 0.4) is 0 Å². The summed E-state index contributed by atoms with van der Waals surface area (Å²) in [4.78, 5) is 4.29. The van der Waals surface area contributed by atoms with Gasteiger partial charge in [-0.05, 0) is 32.4 Å². The molecule has 0 spiro atoms. The SMILES string of the molecule is Cc1ccc(CNCc2c(C)nn(C)c2C)cn1. The number of nitrogens with zero attached hydrogens (tertiary/aromatic N) is 3. The minimum absolute atomic E-state index is 0.834. The van der Waals surface area contributed by atoms with Gasteiger partial charge in [0.25, 0.3) is 0 Å². The number of nitrogens with one attached hydrogen (secondary N) is 1. The van der Waals surface area contributed by atoms with Crippen LogP contribution < -0.4 is 5.32 Å². The first-order valence-corrected chi connectivity index (χ1v) is 6.19. The number of rotatable bonds is 4. The van der Waals surface area contributed by atoms with Crippen molar-refractivity contribution >= 4 is 0 Å². The summed E-state index contributed by atoms with van der Waals surface area (Å²) in [6, 6.07) is 4.15. The fourth-order valence-electron chi connectivity index (χ4n) is 2.01. The smallest absolute Gasteiger partial charge is 0.0641 e. The van der Waals surface area contributed by atoms with Crippen molar-refractivity contribution in [3.8, 4) is 0 Å². The molecule has 0 aromatic carbocycles. The van der Waals surface area contributed by atoms with Gasteiger partial charge in [-0.1, -0.05) is 6.07 Å². The van der Waals surface area contributed by atoms with Crippen molar-refractivity contribution in [1.82, 2.24) is 20.1 Å². The van der Waals surface area contributed by atoms with Crippen molar-refractivity contribution in [2.24, 2.45) is 7.05 Å². The standard InChI is InChI=1S/C14H20N4/c1-10-5-6-13(8-16-10)7-15-9-14-11(2)17-18(4)12(14)3/h5-6,8,15H,7,9H2,1-4H3. The van der Waals surface area contributed by atoms with Crippen LogP contribution in [0, 0.1) is 20.8 Å². The average Bonchev–Trinajstić information content (AvgIpc) is 2.58. The molecule has 18 heavy (non-hydrogen) atoms. The number of aryl methyl sites for hydroxylation is 3. The van der Waals surface area contributed by atoms with Gasteiger partial charge in [-0.2, -0.15) is 5.10 Å².